The maximum absolute atomic E-state index is 5.87. The van der Waals surface area contributed by atoms with Crippen LogP contribution in [-0.4, -0.2) is 65.2 Å². The summed E-state index contributed by atoms with van der Waals surface area (Å²) in [7, 11) is 3.24. The Kier molecular flexibility index (Phi) is 8.09. The van der Waals surface area contributed by atoms with Crippen molar-refractivity contribution >= 4 is 17.9 Å². The van der Waals surface area contributed by atoms with Gasteiger partial charge in [-0.1, -0.05) is 12.0 Å². The zero-order chi connectivity index (χ0) is 17.9. The highest BCUT2D eigenvalue weighted by Gasteiger charge is 2.30. The zero-order valence-electron chi connectivity index (χ0n) is 14.5. The average molecular weight is 345 g/mol. The lowest BCUT2D eigenvalue weighted by atomic mass is 10.2. The van der Waals surface area contributed by atoms with Gasteiger partial charge in [-0.2, -0.15) is 0 Å². The molecular weight excluding hydrogens is 322 g/mol. The summed E-state index contributed by atoms with van der Waals surface area (Å²) >= 11 is 0. The lowest BCUT2D eigenvalue weighted by Crippen LogP contribution is -2.44. The van der Waals surface area contributed by atoms with E-state index in [1.165, 1.54) is 6.34 Å². The van der Waals surface area contributed by atoms with Crippen molar-refractivity contribution in [2.45, 2.75) is 12.3 Å². The molecule has 0 spiro atoms. The fourth-order valence-electron chi connectivity index (χ4n) is 2.19. The van der Waals surface area contributed by atoms with E-state index in [1.54, 1.807) is 14.2 Å². The molecule has 2 atom stereocenters. The van der Waals surface area contributed by atoms with Crippen molar-refractivity contribution in [1.82, 2.24) is 0 Å². The minimum absolute atomic E-state index is 0.395. The summed E-state index contributed by atoms with van der Waals surface area (Å²) in [5.74, 6) is 3.21. The maximum atomic E-state index is 5.87. The van der Waals surface area contributed by atoms with Gasteiger partial charge in [0.25, 0.3) is 0 Å². The molecule has 0 aliphatic carbocycles. The van der Waals surface area contributed by atoms with E-state index in [2.05, 4.69) is 21.2 Å². The first-order chi connectivity index (χ1) is 12.3. The zero-order valence-corrected chi connectivity index (χ0v) is 14.5. The van der Waals surface area contributed by atoms with Crippen LogP contribution < -0.4 is 5.32 Å². The summed E-state index contributed by atoms with van der Waals surface area (Å²) in [6.45, 7) is 1.74. The molecular formula is C18H23N3O4. The van der Waals surface area contributed by atoms with Gasteiger partial charge < -0.3 is 24.3 Å². The number of amidine groups is 1. The standard InChI is InChI=1S/C18H23N3O4/c1-4-14-6-5-7-15(12-14)21-17-16(24-10-8-22-2)18(20-13-19-17)25-11-9-23-3/h1,5-7,12-13,16,18H,8-11H2,2-3H3,(H,19,20,21). The molecule has 0 saturated heterocycles. The van der Waals surface area contributed by atoms with Crippen LogP contribution in [0.1, 0.15) is 5.56 Å². The SMILES string of the molecule is C#Cc1cccc(NC2=NC=NC(OCCOC)C2OCCOC)c1. The van der Waals surface area contributed by atoms with Gasteiger partial charge in [-0.05, 0) is 18.2 Å². The second-order valence-electron chi connectivity index (χ2n) is 5.17. The second kappa shape index (κ2) is 10.6. The third-order valence-corrected chi connectivity index (χ3v) is 3.40. The number of hydrogen-bond acceptors (Lipinski definition) is 7. The van der Waals surface area contributed by atoms with Crippen molar-refractivity contribution in [3.05, 3.63) is 29.8 Å². The number of terminal acetylenes is 1. The lowest BCUT2D eigenvalue weighted by Gasteiger charge is -2.28. The van der Waals surface area contributed by atoms with Gasteiger partial charge in [0.1, 0.15) is 12.2 Å². The summed E-state index contributed by atoms with van der Waals surface area (Å²) < 4.78 is 21.7. The van der Waals surface area contributed by atoms with Crippen LogP contribution in [0.25, 0.3) is 0 Å². The third-order valence-electron chi connectivity index (χ3n) is 3.40. The lowest BCUT2D eigenvalue weighted by molar-refractivity contribution is -0.0597. The number of nitrogens with zero attached hydrogens (tertiary/aromatic N) is 2. The Morgan fingerprint density at radius 3 is 2.60 bits per heavy atom. The molecule has 7 nitrogen and oxygen atoms in total. The smallest absolute Gasteiger partial charge is 0.183 e. The molecule has 1 aliphatic heterocycles. The third kappa shape index (κ3) is 5.96. The molecule has 2 unspecified atom stereocenters. The molecule has 0 saturated carbocycles. The highest BCUT2D eigenvalue weighted by atomic mass is 16.6. The molecule has 7 heteroatoms. The Labute approximate surface area is 148 Å². The molecule has 1 aromatic rings. The molecule has 0 bridgehead atoms. The van der Waals surface area contributed by atoms with Gasteiger partial charge in [-0.3, -0.25) is 0 Å². The molecule has 1 aliphatic rings. The van der Waals surface area contributed by atoms with Gasteiger partial charge in [0.2, 0.25) is 0 Å². The highest BCUT2D eigenvalue weighted by Crippen LogP contribution is 2.16. The molecule has 25 heavy (non-hydrogen) atoms. The molecule has 0 aromatic heterocycles. The van der Waals surface area contributed by atoms with Crippen molar-refractivity contribution in [2.75, 3.05) is 46.0 Å². The Hall–Kier alpha value is -2.24. The summed E-state index contributed by atoms with van der Waals surface area (Å²) in [4.78, 5) is 8.56. The second-order valence-corrected chi connectivity index (χ2v) is 5.17. The van der Waals surface area contributed by atoms with Crippen LogP contribution in [0.4, 0.5) is 5.69 Å². The molecule has 1 heterocycles. The van der Waals surface area contributed by atoms with Crippen LogP contribution in [0.15, 0.2) is 34.3 Å². The Morgan fingerprint density at radius 1 is 1.12 bits per heavy atom. The topological polar surface area (TPSA) is 73.7 Å². The first kappa shape index (κ1) is 19.1. The van der Waals surface area contributed by atoms with Gasteiger partial charge in [0, 0.05) is 25.5 Å². The van der Waals surface area contributed by atoms with Crippen LogP contribution in [0.3, 0.4) is 0 Å². The molecule has 0 amide bonds. The maximum Gasteiger partial charge on any atom is 0.183 e. The summed E-state index contributed by atoms with van der Waals surface area (Å²) in [5.41, 5.74) is 1.60. The number of methoxy groups -OCH3 is 2. The quantitative estimate of drug-likeness (QED) is 0.543. The van der Waals surface area contributed by atoms with E-state index in [1.807, 2.05) is 24.3 Å². The summed E-state index contributed by atoms with van der Waals surface area (Å²) in [6.07, 6.45) is 5.92. The summed E-state index contributed by atoms with van der Waals surface area (Å²) in [6, 6.07) is 7.50. The Balaban J connectivity index is 2.09. The van der Waals surface area contributed by atoms with E-state index in [0.717, 1.165) is 11.3 Å². The first-order valence-corrected chi connectivity index (χ1v) is 7.92. The fraction of sp³-hybridized carbons (Fsp3) is 0.444. The monoisotopic (exact) mass is 345 g/mol. The Bertz CT molecular complexity index is 639. The highest BCUT2D eigenvalue weighted by molar-refractivity contribution is 6.03. The number of rotatable bonds is 9. The van der Waals surface area contributed by atoms with Crippen molar-refractivity contribution in [3.8, 4) is 12.3 Å². The normalized spacial score (nSPS) is 19.3. The van der Waals surface area contributed by atoms with Gasteiger partial charge in [0.05, 0.1) is 26.4 Å². The largest absolute Gasteiger partial charge is 0.382 e. The van der Waals surface area contributed by atoms with Crippen molar-refractivity contribution in [2.24, 2.45) is 9.98 Å². The predicted octanol–water partition coefficient (Wildman–Crippen LogP) is 1.54. The Morgan fingerprint density at radius 2 is 1.88 bits per heavy atom. The van der Waals surface area contributed by atoms with E-state index in [-0.39, 0.29) is 0 Å². The molecule has 1 N–H and O–H groups in total. The van der Waals surface area contributed by atoms with Crippen molar-refractivity contribution in [1.29, 1.82) is 0 Å². The molecule has 2 rings (SSSR count). The van der Waals surface area contributed by atoms with E-state index in [9.17, 15) is 0 Å². The van der Waals surface area contributed by atoms with Crippen LogP contribution in [-0.2, 0) is 18.9 Å². The van der Waals surface area contributed by atoms with Crippen LogP contribution >= 0.6 is 0 Å². The number of nitrogens with one attached hydrogen (secondary N) is 1. The fourth-order valence-corrected chi connectivity index (χ4v) is 2.19. The minimum atomic E-state index is -0.511. The molecule has 0 fully saturated rings. The van der Waals surface area contributed by atoms with Gasteiger partial charge in [-0.25, -0.2) is 9.98 Å². The van der Waals surface area contributed by atoms with Gasteiger partial charge in [0.15, 0.2) is 12.3 Å². The van der Waals surface area contributed by atoms with E-state index in [4.69, 9.17) is 25.4 Å². The van der Waals surface area contributed by atoms with Crippen LogP contribution in [0.5, 0.6) is 0 Å². The summed E-state index contributed by atoms with van der Waals surface area (Å²) in [5, 5.41) is 3.24. The predicted molar refractivity (Wildman–Crippen MR) is 97.2 cm³/mol. The molecule has 134 valence electrons. The van der Waals surface area contributed by atoms with Crippen molar-refractivity contribution in [3.63, 3.8) is 0 Å². The van der Waals surface area contributed by atoms with Gasteiger partial charge >= 0.3 is 0 Å². The number of ether oxygens (including phenoxy) is 4. The van der Waals surface area contributed by atoms with E-state index in [0.29, 0.717) is 32.3 Å². The average Bonchev–Trinajstić information content (AvgIpc) is 2.64. The number of benzene rings is 1. The minimum Gasteiger partial charge on any atom is -0.382 e. The molecule has 1 aromatic carbocycles. The van der Waals surface area contributed by atoms with Crippen LogP contribution in [0.2, 0.25) is 0 Å². The van der Waals surface area contributed by atoms with Crippen LogP contribution in [0, 0.1) is 12.3 Å². The molecule has 0 radical (unpaired) electrons. The van der Waals surface area contributed by atoms with E-state index < -0.39 is 12.3 Å². The first-order valence-electron chi connectivity index (χ1n) is 7.92. The number of hydrogen-bond donors (Lipinski definition) is 1. The van der Waals surface area contributed by atoms with Gasteiger partial charge in [-0.15, -0.1) is 6.42 Å². The number of aliphatic imine (C=N–C) groups is 2. The van der Waals surface area contributed by atoms with Crippen molar-refractivity contribution < 1.29 is 18.9 Å². The van der Waals surface area contributed by atoms with E-state index >= 15 is 0 Å². The number of anilines is 1.